The molecule has 5 nitrogen and oxygen atoms in total. The van der Waals surface area contributed by atoms with Crippen LogP contribution in [0.3, 0.4) is 0 Å². The van der Waals surface area contributed by atoms with E-state index in [1.807, 2.05) is 0 Å². The maximum atomic E-state index is 13.6. The minimum absolute atomic E-state index is 0.0306. The van der Waals surface area contributed by atoms with Crippen LogP contribution in [0.1, 0.15) is 29.6 Å². The number of nitriles is 1. The van der Waals surface area contributed by atoms with E-state index in [1.54, 1.807) is 17.6 Å². The second-order valence-corrected chi connectivity index (χ2v) is 6.78. The zero-order valence-corrected chi connectivity index (χ0v) is 16.0. The van der Waals surface area contributed by atoms with Gasteiger partial charge in [-0.1, -0.05) is 12.1 Å². The molecular weight excluding hydrogens is 419 g/mol. The minimum atomic E-state index is -4.71. The lowest BCUT2D eigenvalue weighted by molar-refractivity contribution is -0.136. The van der Waals surface area contributed by atoms with Crippen LogP contribution in [0.4, 0.5) is 22.0 Å². The lowest BCUT2D eigenvalue weighted by atomic mass is 10.0. The highest BCUT2D eigenvalue weighted by Crippen LogP contribution is 2.38. The first kappa shape index (κ1) is 20.5. The van der Waals surface area contributed by atoms with Crippen molar-refractivity contribution in [3.05, 3.63) is 70.7 Å². The van der Waals surface area contributed by atoms with Crippen LogP contribution in [0.15, 0.2) is 40.9 Å². The number of fused-ring (bicyclic) bond motifs is 1. The van der Waals surface area contributed by atoms with Gasteiger partial charge in [-0.25, -0.2) is 8.78 Å². The quantitative estimate of drug-likeness (QED) is 0.401. The van der Waals surface area contributed by atoms with Crippen molar-refractivity contribution < 1.29 is 26.5 Å². The molecule has 0 aliphatic rings. The van der Waals surface area contributed by atoms with Crippen molar-refractivity contribution in [2.45, 2.75) is 26.1 Å². The molecule has 4 rings (SSSR count). The van der Waals surface area contributed by atoms with E-state index in [4.69, 9.17) is 9.78 Å². The predicted molar refractivity (Wildman–Crippen MR) is 99.8 cm³/mol. The van der Waals surface area contributed by atoms with Gasteiger partial charge in [0.15, 0.2) is 5.82 Å². The van der Waals surface area contributed by atoms with E-state index < -0.39 is 28.9 Å². The van der Waals surface area contributed by atoms with Gasteiger partial charge < -0.3 is 9.09 Å². The van der Waals surface area contributed by atoms with Crippen LogP contribution in [0, 0.1) is 23.0 Å². The summed E-state index contributed by atoms with van der Waals surface area (Å²) in [6.07, 6.45) is -4.30. The summed E-state index contributed by atoms with van der Waals surface area (Å²) in [6, 6.07) is 8.30. The largest absolute Gasteiger partial charge is 0.418 e. The van der Waals surface area contributed by atoms with Crippen molar-refractivity contribution in [1.82, 2.24) is 14.7 Å². The molecule has 2 aromatic heterocycles. The molecule has 10 heteroatoms. The number of aryl methyl sites for hydroxylation is 1. The average molecular weight is 432 g/mol. The van der Waals surface area contributed by atoms with Crippen molar-refractivity contribution in [2.24, 2.45) is 0 Å². The molecule has 0 saturated carbocycles. The molecule has 2 aromatic carbocycles. The van der Waals surface area contributed by atoms with Gasteiger partial charge in [-0.05, 0) is 36.8 Å². The summed E-state index contributed by atoms with van der Waals surface area (Å²) in [5.74, 6) is -1.63. The maximum absolute atomic E-state index is 13.6. The van der Waals surface area contributed by atoms with Gasteiger partial charge >= 0.3 is 6.18 Å². The lowest BCUT2D eigenvalue weighted by Crippen LogP contribution is -2.09. The Labute approximate surface area is 172 Å². The van der Waals surface area contributed by atoms with Gasteiger partial charge in [0.25, 0.3) is 5.89 Å². The number of aromatic nitrogens is 3. The number of nitrogens with zero attached hydrogens (tertiary/aromatic N) is 4. The molecule has 0 amide bonds. The first-order valence-corrected chi connectivity index (χ1v) is 9.12. The fourth-order valence-electron chi connectivity index (χ4n) is 3.52. The van der Waals surface area contributed by atoms with Crippen molar-refractivity contribution in [3.8, 4) is 17.5 Å². The van der Waals surface area contributed by atoms with Crippen LogP contribution in [0.5, 0.6) is 0 Å². The third-order valence-electron chi connectivity index (χ3n) is 4.81. The van der Waals surface area contributed by atoms with E-state index in [0.29, 0.717) is 18.2 Å². The molecule has 158 valence electrons. The van der Waals surface area contributed by atoms with Crippen LogP contribution >= 0.6 is 0 Å². The monoisotopic (exact) mass is 432 g/mol. The van der Waals surface area contributed by atoms with Gasteiger partial charge in [-0.15, -0.1) is 0 Å². The Balaban J connectivity index is 1.79. The number of benzene rings is 2. The van der Waals surface area contributed by atoms with E-state index in [0.717, 1.165) is 18.2 Å². The standard InChI is InChI=1S/C21H13F5N4O/c1-2-15-8-16-17(4-3-11(9-27)19(16)21(24,25)26)30(15)10-18-28-20(31-29-18)12-5-13(22)7-14(23)6-12/h3-8H,2,10H2,1H3. The lowest BCUT2D eigenvalue weighted by Gasteiger charge is -2.11. The highest BCUT2D eigenvalue weighted by molar-refractivity contribution is 5.87. The van der Waals surface area contributed by atoms with E-state index in [-0.39, 0.29) is 34.7 Å². The smallest absolute Gasteiger partial charge is 0.337 e. The normalized spacial score (nSPS) is 11.8. The van der Waals surface area contributed by atoms with Crippen molar-refractivity contribution in [3.63, 3.8) is 0 Å². The summed E-state index contributed by atoms with van der Waals surface area (Å²) >= 11 is 0. The van der Waals surface area contributed by atoms with E-state index in [2.05, 4.69) is 10.1 Å². The number of hydrogen-bond donors (Lipinski definition) is 0. The predicted octanol–water partition coefficient (Wildman–Crippen LogP) is 5.47. The van der Waals surface area contributed by atoms with Gasteiger partial charge in [-0.3, -0.25) is 0 Å². The molecule has 0 saturated heterocycles. The molecular formula is C21H13F5N4O. The van der Waals surface area contributed by atoms with Gasteiger partial charge in [-0.2, -0.15) is 23.4 Å². The second-order valence-electron chi connectivity index (χ2n) is 6.78. The SMILES string of the molecule is CCc1cc2c(C(F)(F)F)c(C#N)ccc2n1Cc1noc(-c2cc(F)cc(F)c2)n1. The summed E-state index contributed by atoms with van der Waals surface area (Å²) in [7, 11) is 0. The molecule has 0 aliphatic heterocycles. The fourth-order valence-corrected chi connectivity index (χ4v) is 3.52. The number of hydrogen-bond acceptors (Lipinski definition) is 4. The Morgan fingerprint density at radius 3 is 2.42 bits per heavy atom. The van der Waals surface area contributed by atoms with Crippen LogP contribution in [-0.4, -0.2) is 14.7 Å². The highest BCUT2D eigenvalue weighted by Gasteiger charge is 2.36. The van der Waals surface area contributed by atoms with Gasteiger partial charge in [0.1, 0.15) is 11.6 Å². The summed E-state index contributed by atoms with van der Waals surface area (Å²) in [5.41, 5.74) is -0.591. The van der Waals surface area contributed by atoms with Crippen LogP contribution < -0.4 is 0 Å². The van der Waals surface area contributed by atoms with Gasteiger partial charge in [0, 0.05) is 28.2 Å². The zero-order valence-electron chi connectivity index (χ0n) is 16.0. The molecule has 0 unspecified atom stereocenters. The maximum Gasteiger partial charge on any atom is 0.418 e. The minimum Gasteiger partial charge on any atom is -0.337 e. The second kappa shape index (κ2) is 7.50. The first-order valence-electron chi connectivity index (χ1n) is 9.12. The number of rotatable bonds is 4. The van der Waals surface area contributed by atoms with Crippen LogP contribution in [-0.2, 0) is 19.1 Å². The van der Waals surface area contributed by atoms with E-state index >= 15 is 0 Å². The summed E-state index contributed by atoms with van der Waals surface area (Å²) in [5, 5.41) is 12.8. The Morgan fingerprint density at radius 1 is 1.10 bits per heavy atom. The number of halogens is 5. The van der Waals surface area contributed by atoms with Gasteiger partial charge in [0.2, 0.25) is 0 Å². The van der Waals surface area contributed by atoms with E-state index in [1.165, 1.54) is 12.1 Å². The zero-order chi connectivity index (χ0) is 22.3. The molecule has 0 N–H and O–H groups in total. The molecule has 31 heavy (non-hydrogen) atoms. The first-order chi connectivity index (χ1) is 14.7. The van der Waals surface area contributed by atoms with Crippen LogP contribution in [0.2, 0.25) is 0 Å². The summed E-state index contributed by atoms with van der Waals surface area (Å²) in [4.78, 5) is 4.12. The Kier molecular flexibility index (Phi) is 4.97. The van der Waals surface area contributed by atoms with Crippen molar-refractivity contribution >= 4 is 10.9 Å². The van der Waals surface area contributed by atoms with E-state index in [9.17, 15) is 22.0 Å². The summed E-state index contributed by atoms with van der Waals surface area (Å²) < 4.78 is 74.5. The Bertz CT molecular complexity index is 1310. The molecule has 0 aliphatic carbocycles. The summed E-state index contributed by atoms with van der Waals surface area (Å²) in [6.45, 7) is 1.75. The molecule has 2 heterocycles. The Hall–Kier alpha value is -3.74. The topological polar surface area (TPSA) is 67.6 Å². The molecule has 0 fully saturated rings. The molecule has 0 spiro atoms. The highest BCUT2D eigenvalue weighted by atomic mass is 19.4. The van der Waals surface area contributed by atoms with Crippen LogP contribution in [0.25, 0.3) is 22.4 Å². The molecule has 0 bridgehead atoms. The number of alkyl halides is 3. The third kappa shape index (κ3) is 3.74. The van der Waals surface area contributed by atoms with Gasteiger partial charge in [0.05, 0.1) is 23.7 Å². The third-order valence-corrected chi connectivity index (χ3v) is 4.81. The van der Waals surface area contributed by atoms with Crippen molar-refractivity contribution in [2.75, 3.05) is 0 Å². The van der Waals surface area contributed by atoms with Crippen molar-refractivity contribution in [1.29, 1.82) is 5.26 Å². The molecule has 4 aromatic rings. The average Bonchev–Trinajstić information content (AvgIpc) is 3.30. The molecule has 0 atom stereocenters. The molecule has 0 radical (unpaired) electrons. The Morgan fingerprint density at radius 2 is 1.81 bits per heavy atom. The fraction of sp³-hybridized carbons (Fsp3) is 0.190.